The van der Waals surface area contributed by atoms with E-state index in [4.69, 9.17) is 0 Å². The highest BCUT2D eigenvalue weighted by Crippen LogP contribution is 2.33. The number of aromatic nitrogens is 1. The van der Waals surface area contributed by atoms with E-state index in [1.165, 1.54) is 12.3 Å². The summed E-state index contributed by atoms with van der Waals surface area (Å²) in [6.07, 6.45) is -2.99. The predicted molar refractivity (Wildman–Crippen MR) is 116 cm³/mol. The number of hydrogen-bond donors (Lipinski definition) is 2. The molecule has 0 aliphatic rings. The third-order valence-corrected chi connectivity index (χ3v) is 4.75. The lowest BCUT2D eigenvalue weighted by Crippen LogP contribution is -2.12. The molecule has 0 radical (unpaired) electrons. The molecule has 4 rings (SSSR count). The maximum atomic E-state index is 13.0. The van der Waals surface area contributed by atoms with Gasteiger partial charge in [0.15, 0.2) is 0 Å². The minimum absolute atomic E-state index is 0.230. The van der Waals surface area contributed by atoms with E-state index < -0.39 is 11.7 Å². The van der Waals surface area contributed by atoms with Crippen molar-refractivity contribution in [2.45, 2.75) is 13.1 Å². The fourth-order valence-corrected chi connectivity index (χ4v) is 3.25. The number of hydrogen-bond acceptors (Lipinski definition) is 3. The lowest BCUT2D eigenvalue weighted by Gasteiger charge is -2.13. The monoisotopic (exact) mass is 421 g/mol. The predicted octanol–water partition coefficient (Wildman–Crippen LogP) is 6.56. The molecule has 0 saturated carbocycles. The zero-order chi connectivity index (χ0) is 22.0. The highest BCUT2D eigenvalue weighted by molar-refractivity contribution is 6.05. The lowest BCUT2D eigenvalue weighted by atomic mass is 10.1. The zero-order valence-corrected chi connectivity index (χ0v) is 16.5. The molecule has 0 aliphatic carbocycles. The smallest absolute Gasteiger partial charge is 0.355 e. The second kappa shape index (κ2) is 8.10. The van der Waals surface area contributed by atoms with Crippen molar-refractivity contribution in [3.05, 3.63) is 95.7 Å². The number of nitrogens with zero attached hydrogens (tertiary/aromatic N) is 1. The van der Waals surface area contributed by atoms with Crippen LogP contribution in [0.3, 0.4) is 0 Å². The summed E-state index contributed by atoms with van der Waals surface area (Å²) >= 11 is 0. The van der Waals surface area contributed by atoms with Crippen LogP contribution in [0.5, 0.6) is 0 Å². The number of aryl methyl sites for hydroxylation is 1. The van der Waals surface area contributed by atoms with E-state index in [0.29, 0.717) is 28.0 Å². The summed E-state index contributed by atoms with van der Waals surface area (Å²) in [7, 11) is 0. The Morgan fingerprint density at radius 1 is 0.903 bits per heavy atom. The van der Waals surface area contributed by atoms with E-state index in [1.54, 1.807) is 30.3 Å². The summed E-state index contributed by atoms with van der Waals surface area (Å²) in [5.41, 5.74) is 2.88. The number of anilines is 3. The molecule has 1 amide bonds. The first-order valence-electron chi connectivity index (χ1n) is 9.51. The first-order valence-corrected chi connectivity index (χ1v) is 9.51. The van der Waals surface area contributed by atoms with Crippen LogP contribution in [0.4, 0.5) is 30.2 Å². The number of amides is 1. The Labute approximate surface area is 176 Å². The van der Waals surface area contributed by atoms with Crippen molar-refractivity contribution >= 4 is 33.9 Å². The van der Waals surface area contributed by atoms with Crippen molar-refractivity contribution in [2.75, 3.05) is 10.6 Å². The molecule has 0 spiro atoms. The van der Waals surface area contributed by atoms with Gasteiger partial charge in [-0.1, -0.05) is 24.3 Å². The third kappa shape index (κ3) is 4.66. The maximum Gasteiger partial charge on any atom is 0.416 e. The molecule has 3 aromatic carbocycles. The molecule has 0 bridgehead atoms. The number of rotatable bonds is 4. The molecule has 0 atom stereocenters. The van der Waals surface area contributed by atoms with Gasteiger partial charge in [0.25, 0.3) is 5.91 Å². The summed E-state index contributed by atoms with van der Waals surface area (Å²) in [4.78, 5) is 16.7. The van der Waals surface area contributed by atoms with Gasteiger partial charge in [0.2, 0.25) is 0 Å². The summed E-state index contributed by atoms with van der Waals surface area (Å²) < 4.78 is 38.9. The third-order valence-electron chi connectivity index (χ3n) is 4.75. The van der Waals surface area contributed by atoms with Gasteiger partial charge in [-0.05, 0) is 61.0 Å². The standard InChI is InChI=1S/C24H18F3N3O/c1-15-4-2-6-18(12-15)30-23(31)16-5-3-7-19(13-16)29-21-10-11-28-22-14-17(24(25,26)27)8-9-20(21)22/h2-14H,1H3,(H,28,29)(H,30,31). The van der Waals surface area contributed by atoms with Gasteiger partial charge < -0.3 is 10.6 Å². The molecule has 2 N–H and O–H groups in total. The van der Waals surface area contributed by atoms with Crippen LogP contribution in [0.2, 0.25) is 0 Å². The number of halogens is 3. The molecular formula is C24H18F3N3O. The summed E-state index contributed by atoms with van der Waals surface area (Å²) in [5.74, 6) is -0.261. The number of carbonyl (C=O) groups is 1. The second-order valence-electron chi connectivity index (χ2n) is 7.12. The number of nitrogens with one attached hydrogen (secondary N) is 2. The average Bonchev–Trinajstić information content (AvgIpc) is 2.73. The topological polar surface area (TPSA) is 54.0 Å². The van der Waals surface area contributed by atoms with Crippen LogP contribution in [-0.2, 0) is 6.18 Å². The lowest BCUT2D eigenvalue weighted by molar-refractivity contribution is -0.137. The highest BCUT2D eigenvalue weighted by Gasteiger charge is 2.30. The van der Waals surface area contributed by atoms with Crippen LogP contribution >= 0.6 is 0 Å². The molecule has 156 valence electrons. The molecule has 1 heterocycles. The Kier molecular flexibility index (Phi) is 5.33. The summed E-state index contributed by atoms with van der Waals surface area (Å²) in [6.45, 7) is 1.94. The van der Waals surface area contributed by atoms with Crippen LogP contribution in [0.25, 0.3) is 10.9 Å². The Balaban J connectivity index is 1.59. The van der Waals surface area contributed by atoms with Crippen LogP contribution < -0.4 is 10.6 Å². The van der Waals surface area contributed by atoms with Gasteiger partial charge in [0.05, 0.1) is 11.1 Å². The number of fused-ring (bicyclic) bond motifs is 1. The van der Waals surface area contributed by atoms with Gasteiger partial charge >= 0.3 is 6.18 Å². The van der Waals surface area contributed by atoms with Crippen LogP contribution in [-0.4, -0.2) is 10.9 Å². The van der Waals surface area contributed by atoms with Gasteiger partial charge in [-0.2, -0.15) is 13.2 Å². The van der Waals surface area contributed by atoms with E-state index in [1.807, 2.05) is 31.2 Å². The van der Waals surface area contributed by atoms with E-state index in [2.05, 4.69) is 15.6 Å². The summed E-state index contributed by atoms with van der Waals surface area (Å²) in [6, 6.07) is 19.5. The number of carbonyl (C=O) groups excluding carboxylic acids is 1. The minimum Gasteiger partial charge on any atom is -0.355 e. The van der Waals surface area contributed by atoms with Gasteiger partial charge in [0.1, 0.15) is 0 Å². The van der Waals surface area contributed by atoms with Gasteiger partial charge in [0, 0.05) is 34.2 Å². The number of pyridine rings is 1. The Morgan fingerprint density at radius 2 is 1.68 bits per heavy atom. The van der Waals surface area contributed by atoms with Crippen molar-refractivity contribution in [3.8, 4) is 0 Å². The van der Waals surface area contributed by atoms with Gasteiger partial charge in [-0.3, -0.25) is 9.78 Å². The zero-order valence-electron chi connectivity index (χ0n) is 16.5. The SMILES string of the molecule is Cc1cccc(NC(=O)c2cccc(Nc3ccnc4cc(C(F)(F)F)ccc34)c2)c1. The fourth-order valence-electron chi connectivity index (χ4n) is 3.25. The first kappa shape index (κ1) is 20.4. The van der Waals surface area contributed by atoms with E-state index in [0.717, 1.165) is 17.7 Å². The molecule has 7 heteroatoms. The molecule has 4 aromatic rings. The molecule has 0 saturated heterocycles. The molecule has 0 fully saturated rings. The van der Waals surface area contributed by atoms with E-state index in [-0.39, 0.29) is 11.4 Å². The van der Waals surface area contributed by atoms with Crippen molar-refractivity contribution in [3.63, 3.8) is 0 Å². The molecule has 0 unspecified atom stereocenters. The molecule has 4 nitrogen and oxygen atoms in total. The highest BCUT2D eigenvalue weighted by atomic mass is 19.4. The van der Waals surface area contributed by atoms with Crippen molar-refractivity contribution in [1.82, 2.24) is 4.98 Å². The van der Waals surface area contributed by atoms with Crippen LogP contribution in [0, 0.1) is 6.92 Å². The Morgan fingerprint density at radius 3 is 2.45 bits per heavy atom. The van der Waals surface area contributed by atoms with E-state index in [9.17, 15) is 18.0 Å². The van der Waals surface area contributed by atoms with Crippen molar-refractivity contribution in [1.29, 1.82) is 0 Å². The minimum atomic E-state index is -4.43. The van der Waals surface area contributed by atoms with Crippen molar-refractivity contribution in [2.24, 2.45) is 0 Å². The fraction of sp³-hybridized carbons (Fsp3) is 0.0833. The Bertz CT molecular complexity index is 1270. The quantitative estimate of drug-likeness (QED) is 0.392. The molecule has 0 aliphatic heterocycles. The molecule has 31 heavy (non-hydrogen) atoms. The van der Waals surface area contributed by atoms with Crippen LogP contribution in [0.15, 0.2) is 79.0 Å². The van der Waals surface area contributed by atoms with Gasteiger partial charge in [-0.15, -0.1) is 0 Å². The average molecular weight is 421 g/mol. The molecule has 1 aromatic heterocycles. The Hall–Kier alpha value is -3.87. The first-order chi connectivity index (χ1) is 14.8. The second-order valence-corrected chi connectivity index (χ2v) is 7.12. The maximum absolute atomic E-state index is 13.0. The number of alkyl halides is 3. The van der Waals surface area contributed by atoms with E-state index >= 15 is 0 Å². The van der Waals surface area contributed by atoms with Crippen LogP contribution in [0.1, 0.15) is 21.5 Å². The normalized spacial score (nSPS) is 11.4. The largest absolute Gasteiger partial charge is 0.416 e. The summed E-state index contributed by atoms with van der Waals surface area (Å²) in [5, 5.41) is 6.58. The molecular weight excluding hydrogens is 403 g/mol. The number of benzene rings is 3. The van der Waals surface area contributed by atoms with Crippen molar-refractivity contribution < 1.29 is 18.0 Å². The van der Waals surface area contributed by atoms with Gasteiger partial charge in [-0.25, -0.2) is 0 Å².